The monoisotopic (exact) mass is 218 g/mol. The average Bonchev–Trinajstić information content (AvgIpc) is 2.64. The summed E-state index contributed by atoms with van der Waals surface area (Å²) in [5.41, 5.74) is 2.27. The van der Waals surface area contributed by atoms with Crippen molar-refractivity contribution < 1.29 is 5.11 Å². The van der Waals surface area contributed by atoms with E-state index in [-0.39, 0.29) is 0 Å². The van der Waals surface area contributed by atoms with Gasteiger partial charge < -0.3 is 5.11 Å². The summed E-state index contributed by atoms with van der Waals surface area (Å²) < 4.78 is 1.70. The number of hydrogen-bond donors (Lipinski definition) is 1. The topological polar surface area (TPSA) is 63.8 Å². The molecule has 0 radical (unpaired) electrons. The van der Waals surface area contributed by atoms with Gasteiger partial charge in [0.25, 0.3) is 0 Å². The van der Waals surface area contributed by atoms with Crippen LogP contribution in [0.15, 0.2) is 18.5 Å². The predicted molar refractivity (Wildman–Crippen MR) is 59.6 cm³/mol. The number of aryl methyl sites for hydroxylation is 2. The van der Waals surface area contributed by atoms with Crippen molar-refractivity contribution in [1.29, 1.82) is 0 Å². The molecule has 0 amide bonds. The Morgan fingerprint density at radius 3 is 2.69 bits per heavy atom. The molecular formula is C11H14N4O. The molecule has 0 saturated carbocycles. The normalized spacial score (nSPS) is 12.8. The molecule has 0 saturated heterocycles. The minimum absolute atomic E-state index is 0.544. The summed E-state index contributed by atoms with van der Waals surface area (Å²) in [7, 11) is 1.85. The Balaban J connectivity index is 2.42. The van der Waals surface area contributed by atoms with Crippen molar-refractivity contribution in [3.63, 3.8) is 0 Å². The molecule has 0 aliphatic rings. The van der Waals surface area contributed by atoms with E-state index in [0.717, 1.165) is 17.0 Å². The Morgan fingerprint density at radius 1 is 1.44 bits per heavy atom. The molecule has 0 spiro atoms. The van der Waals surface area contributed by atoms with Gasteiger partial charge in [-0.15, -0.1) is 0 Å². The maximum Gasteiger partial charge on any atom is 0.180 e. The van der Waals surface area contributed by atoms with Crippen molar-refractivity contribution in [1.82, 2.24) is 19.7 Å². The van der Waals surface area contributed by atoms with Crippen LogP contribution in [-0.4, -0.2) is 24.9 Å². The predicted octanol–water partition coefficient (Wildman–Crippen LogP) is 1.24. The van der Waals surface area contributed by atoms with E-state index in [1.807, 2.05) is 26.2 Å². The van der Waals surface area contributed by atoms with Crippen molar-refractivity contribution in [2.24, 2.45) is 7.05 Å². The summed E-state index contributed by atoms with van der Waals surface area (Å²) >= 11 is 0. The van der Waals surface area contributed by atoms with Gasteiger partial charge in [-0.1, -0.05) is 0 Å². The maximum atomic E-state index is 9.47. The molecule has 0 aliphatic carbocycles. The third-order valence-corrected chi connectivity index (χ3v) is 2.41. The summed E-state index contributed by atoms with van der Waals surface area (Å²) in [6, 6.07) is 1.86. The lowest BCUT2D eigenvalue weighted by molar-refractivity contribution is 0.197. The molecule has 5 nitrogen and oxygen atoms in total. The van der Waals surface area contributed by atoms with Crippen LogP contribution in [-0.2, 0) is 7.05 Å². The van der Waals surface area contributed by atoms with E-state index in [0.29, 0.717) is 5.82 Å². The lowest BCUT2D eigenvalue weighted by Gasteiger charge is -2.07. The molecular weight excluding hydrogens is 204 g/mol. The highest BCUT2D eigenvalue weighted by atomic mass is 16.3. The molecule has 0 aromatic carbocycles. The van der Waals surface area contributed by atoms with Gasteiger partial charge in [0.1, 0.15) is 5.69 Å². The average molecular weight is 218 g/mol. The lowest BCUT2D eigenvalue weighted by atomic mass is 10.1. The first-order chi connectivity index (χ1) is 7.58. The Labute approximate surface area is 93.8 Å². The Kier molecular flexibility index (Phi) is 2.70. The molecule has 0 unspecified atom stereocenters. The molecule has 1 atom stereocenters. The van der Waals surface area contributed by atoms with Crippen LogP contribution in [0.3, 0.4) is 0 Å². The van der Waals surface area contributed by atoms with Gasteiger partial charge in [-0.25, -0.2) is 9.97 Å². The van der Waals surface area contributed by atoms with Gasteiger partial charge in [0.15, 0.2) is 5.82 Å². The van der Waals surface area contributed by atoms with E-state index < -0.39 is 6.10 Å². The molecule has 0 aliphatic heterocycles. The molecule has 1 N–H and O–H groups in total. The van der Waals surface area contributed by atoms with E-state index >= 15 is 0 Å². The molecule has 0 bridgehead atoms. The van der Waals surface area contributed by atoms with Gasteiger partial charge in [-0.05, 0) is 19.9 Å². The maximum absolute atomic E-state index is 9.47. The molecule has 2 heterocycles. The Hall–Kier alpha value is -1.75. The fraction of sp³-hybridized carbons (Fsp3) is 0.364. The Morgan fingerprint density at radius 2 is 2.19 bits per heavy atom. The summed E-state index contributed by atoms with van der Waals surface area (Å²) in [5, 5.41) is 13.7. The van der Waals surface area contributed by atoms with Crippen LogP contribution in [0.2, 0.25) is 0 Å². The van der Waals surface area contributed by atoms with Crippen molar-refractivity contribution in [3.05, 3.63) is 29.7 Å². The highest BCUT2D eigenvalue weighted by molar-refractivity contribution is 5.48. The van der Waals surface area contributed by atoms with Gasteiger partial charge in [-0.2, -0.15) is 5.10 Å². The fourth-order valence-electron chi connectivity index (χ4n) is 1.54. The summed E-state index contributed by atoms with van der Waals surface area (Å²) in [5.74, 6) is 0.586. The number of hydrogen-bond acceptors (Lipinski definition) is 4. The minimum Gasteiger partial charge on any atom is -0.389 e. The second-order valence-corrected chi connectivity index (χ2v) is 3.78. The zero-order valence-corrected chi connectivity index (χ0v) is 9.55. The second kappa shape index (κ2) is 4.02. The first-order valence-corrected chi connectivity index (χ1v) is 5.09. The van der Waals surface area contributed by atoms with Crippen LogP contribution in [0.5, 0.6) is 0 Å². The first-order valence-electron chi connectivity index (χ1n) is 5.09. The zero-order chi connectivity index (χ0) is 11.7. The van der Waals surface area contributed by atoms with Crippen molar-refractivity contribution in [2.45, 2.75) is 20.0 Å². The van der Waals surface area contributed by atoms with Gasteiger partial charge in [0, 0.05) is 30.7 Å². The zero-order valence-electron chi connectivity index (χ0n) is 9.55. The molecule has 5 heteroatoms. The summed E-state index contributed by atoms with van der Waals surface area (Å²) in [6.07, 6.45) is 2.95. The van der Waals surface area contributed by atoms with Gasteiger partial charge in [0.05, 0.1) is 6.10 Å². The number of rotatable bonds is 2. The highest BCUT2D eigenvalue weighted by Gasteiger charge is 2.10. The van der Waals surface area contributed by atoms with Gasteiger partial charge in [0.2, 0.25) is 0 Å². The van der Waals surface area contributed by atoms with E-state index in [2.05, 4.69) is 15.1 Å². The quantitative estimate of drug-likeness (QED) is 0.823. The molecule has 2 aromatic rings. The van der Waals surface area contributed by atoms with E-state index in [1.54, 1.807) is 17.8 Å². The van der Waals surface area contributed by atoms with Crippen LogP contribution in [0.4, 0.5) is 0 Å². The van der Waals surface area contributed by atoms with Gasteiger partial charge >= 0.3 is 0 Å². The molecule has 2 rings (SSSR count). The number of nitrogens with zero attached hydrogens (tertiary/aromatic N) is 4. The molecule has 2 aromatic heterocycles. The van der Waals surface area contributed by atoms with Crippen LogP contribution in [0, 0.1) is 6.92 Å². The van der Waals surface area contributed by atoms with E-state index in [4.69, 9.17) is 0 Å². The first kappa shape index (κ1) is 10.8. The smallest absolute Gasteiger partial charge is 0.180 e. The van der Waals surface area contributed by atoms with Gasteiger partial charge in [-0.3, -0.25) is 4.68 Å². The third-order valence-electron chi connectivity index (χ3n) is 2.41. The van der Waals surface area contributed by atoms with Crippen molar-refractivity contribution in [2.75, 3.05) is 0 Å². The SMILES string of the molecule is Cc1nc(-c2ccn(C)n2)ncc1[C@@H](C)O. The van der Waals surface area contributed by atoms with E-state index in [9.17, 15) is 5.11 Å². The van der Waals surface area contributed by atoms with Crippen molar-refractivity contribution >= 4 is 0 Å². The summed E-state index contributed by atoms with van der Waals surface area (Å²) in [6.45, 7) is 3.56. The largest absolute Gasteiger partial charge is 0.389 e. The molecule has 84 valence electrons. The fourth-order valence-corrected chi connectivity index (χ4v) is 1.54. The second-order valence-electron chi connectivity index (χ2n) is 3.78. The number of aliphatic hydroxyl groups is 1. The van der Waals surface area contributed by atoms with Crippen LogP contribution in [0.25, 0.3) is 11.5 Å². The highest BCUT2D eigenvalue weighted by Crippen LogP contribution is 2.18. The van der Waals surface area contributed by atoms with Crippen molar-refractivity contribution in [3.8, 4) is 11.5 Å². The van der Waals surface area contributed by atoms with E-state index in [1.165, 1.54) is 0 Å². The molecule has 16 heavy (non-hydrogen) atoms. The van der Waals surface area contributed by atoms with Crippen LogP contribution < -0.4 is 0 Å². The number of aliphatic hydroxyl groups excluding tert-OH is 1. The van der Waals surface area contributed by atoms with Crippen LogP contribution >= 0.6 is 0 Å². The van der Waals surface area contributed by atoms with Crippen LogP contribution in [0.1, 0.15) is 24.3 Å². The summed E-state index contributed by atoms with van der Waals surface area (Å²) in [4.78, 5) is 8.53. The molecule has 0 fully saturated rings. The minimum atomic E-state index is -0.544. The lowest BCUT2D eigenvalue weighted by Crippen LogP contribution is -2.01. The standard InChI is InChI=1S/C11H14N4O/c1-7-9(8(2)16)6-12-11(13-7)10-4-5-15(3)14-10/h4-6,8,16H,1-3H3/t8-/m1/s1. The Bertz CT molecular complexity index is 504. The number of aromatic nitrogens is 4. The third kappa shape index (κ3) is 1.94.